The molecule has 2 atom stereocenters. The molecule has 92 valence electrons. The molecule has 1 aromatic rings. The molecule has 1 aliphatic carbocycles. The number of carbonyl (C=O) groups excluding carboxylic acids is 1. The van der Waals surface area contributed by atoms with Crippen molar-refractivity contribution in [3.8, 4) is 0 Å². The fraction of sp³-hybridized carbons (Fsp3) is 0.500. The van der Waals surface area contributed by atoms with Gasteiger partial charge in [-0.05, 0) is 30.9 Å². The van der Waals surface area contributed by atoms with Crippen molar-refractivity contribution in [3.63, 3.8) is 0 Å². The van der Waals surface area contributed by atoms with Gasteiger partial charge in [0.05, 0.1) is 5.54 Å². The number of nitrogens with one attached hydrogen (secondary N) is 1. The smallest absolute Gasteiger partial charge is 0.244 e. The summed E-state index contributed by atoms with van der Waals surface area (Å²) in [4.78, 5) is 12.2. The summed E-state index contributed by atoms with van der Waals surface area (Å²) in [6.45, 7) is 2.16. The van der Waals surface area contributed by atoms with Crippen LogP contribution in [0.1, 0.15) is 32.6 Å². The zero-order valence-corrected chi connectivity index (χ0v) is 10.3. The molecule has 0 saturated heterocycles. The average Bonchev–Trinajstić information content (AvgIpc) is 2.30. The summed E-state index contributed by atoms with van der Waals surface area (Å²) in [5, 5.41) is 2.91. The van der Waals surface area contributed by atoms with Crippen LogP contribution in [-0.4, -0.2) is 11.4 Å². The number of hydrogen-bond donors (Lipinski definition) is 2. The number of benzene rings is 1. The zero-order chi connectivity index (χ0) is 12.3. The van der Waals surface area contributed by atoms with Crippen LogP contribution < -0.4 is 11.1 Å². The Kier molecular flexibility index (Phi) is 3.48. The number of anilines is 1. The van der Waals surface area contributed by atoms with E-state index in [2.05, 4.69) is 12.2 Å². The molecule has 0 bridgehead atoms. The summed E-state index contributed by atoms with van der Waals surface area (Å²) < 4.78 is 0. The monoisotopic (exact) mass is 232 g/mol. The molecule has 1 saturated carbocycles. The predicted molar refractivity (Wildman–Crippen MR) is 69.6 cm³/mol. The van der Waals surface area contributed by atoms with Crippen molar-refractivity contribution in [1.29, 1.82) is 0 Å². The molecule has 1 aliphatic rings. The summed E-state index contributed by atoms with van der Waals surface area (Å²) in [5.41, 5.74) is 6.36. The van der Waals surface area contributed by atoms with E-state index < -0.39 is 5.54 Å². The summed E-state index contributed by atoms with van der Waals surface area (Å²) in [5.74, 6) is 0.491. The first kappa shape index (κ1) is 12.1. The second-order valence-corrected chi connectivity index (χ2v) is 5.18. The van der Waals surface area contributed by atoms with Gasteiger partial charge in [-0.1, -0.05) is 38.0 Å². The van der Waals surface area contributed by atoms with Crippen LogP contribution in [0.5, 0.6) is 0 Å². The van der Waals surface area contributed by atoms with Crippen molar-refractivity contribution in [2.24, 2.45) is 11.7 Å². The average molecular weight is 232 g/mol. The van der Waals surface area contributed by atoms with Crippen LogP contribution in [0.4, 0.5) is 5.69 Å². The highest BCUT2D eigenvalue weighted by molar-refractivity contribution is 5.98. The lowest BCUT2D eigenvalue weighted by Crippen LogP contribution is -2.53. The van der Waals surface area contributed by atoms with Crippen LogP contribution in [0.2, 0.25) is 0 Å². The summed E-state index contributed by atoms with van der Waals surface area (Å²) in [7, 11) is 0. The minimum absolute atomic E-state index is 0.0461. The van der Waals surface area contributed by atoms with Gasteiger partial charge in [0.2, 0.25) is 5.91 Å². The first-order chi connectivity index (χ1) is 8.10. The molecule has 1 aromatic carbocycles. The molecule has 0 radical (unpaired) electrons. The van der Waals surface area contributed by atoms with E-state index in [0.29, 0.717) is 5.92 Å². The lowest BCUT2D eigenvalue weighted by atomic mass is 9.76. The third-order valence-corrected chi connectivity index (χ3v) is 3.52. The molecule has 3 heteroatoms. The minimum atomic E-state index is -0.687. The van der Waals surface area contributed by atoms with Crippen LogP contribution in [0.15, 0.2) is 30.3 Å². The molecular formula is C14H20N2O. The summed E-state index contributed by atoms with van der Waals surface area (Å²) in [6.07, 6.45) is 3.79. The topological polar surface area (TPSA) is 55.1 Å². The van der Waals surface area contributed by atoms with Gasteiger partial charge in [-0.2, -0.15) is 0 Å². The van der Waals surface area contributed by atoms with Gasteiger partial charge < -0.3 is 11.1 Å². The number of carbonyl (C=O) groups is 1. The van der Waals surface area contributed by atoms with Crippen LogP contribution in [-0.2, 0) is 4.79 Å². The van der Waals surface area contributed by atoms with E-state index in [9.17, 15) is 4.79 Å². The SMILES string of the molecule is CC1CCCC(N)(C(=O)Nc2ccccc2)C1. The number of rotatable bonds is 2. The Hall–Kier alpha value is -1.35. The fourth-order valence-corrected chi connectivity index (χ4v) is 2.58. The van der Waals surface area contributed by atoms with Crippen LogP contribution >= 0.6 is 0 Å². The second kappa shape index (κ2) is 4.88. The Morgan fingerprint density at radius 1 is 1.41 bits per heavy atom. The van der Waals surface area contributed by atoms with Crippen molar-refractivity contribution < 1.29 is 4.79 Å². The first-order valence-corrected chi connectivity index (χ1v) is 6.25. The lowest BCUT2D eigenvalue weighted by molar-refractivity contribution is -0.122. The Morgan fingerprint density at radius 3 is 2.76 bits per heavy atom. The lowest BCUT2D eigenvalue weighted by Gasteiger charge is -2.35. The van der Waals surface area contributed by atoms with E-state index in [1.165, 1.54) is 6.42 Å². The van der Waals surface area contributed by atoms with Crippen LogP contribution in [0.3, 0.4) is 0 Å². The molecule has 2 rings (SSSR count). The molecule has 17 heavy (non-hydrogen) atoms. The number of amides is 1. The Bertz CT molecular complexity index is 390. The summed E-state index contributed by atoms with van der Waals surface area (Å²) >= 11 is 0. The van der Waals surface area contributed by atoms with Gasteiger partial charge in [-0.15, -0.1) is 0 Å². The highest BCUT2D eigenvalue weighted by atomic mass is 16.2. The van der Waals surface area contributed by atoms with Gasteiger partial charge in [0.1, 0.15) is 0 Å². The van der Waals surface area contributed by atoms with E-state index in [1.54, 1.807) is 0 Å². The standard InChI is InChI=1S/C14H20N2O/c1-11-6-5-9-14(15,10-11)13(17)16-12-7-3-2-4-8-12/h2-4,7-8,11H,5-6,9-10,15H2,1H3,(H,16,17). The van der Waals surface area contributed by atoms with Crippen molar-refractivity contribution in [2.75, 3.05) is 5.32 Å². The van der Waals surface area contributed by atoms with Crippen molar-refractivity contribution in [2.45, 2.75) is 38.1 Å². The third kappa shape index (κ3) is 2.86. The van der Waals surface area contributed by atoms with Gasteiger partial charge in [-0.25, -0.2) is 0 Å². The van der Waals surface area contributed by atoms with Crippen molar-refractivity contribution in [1.82, 2.24) is 0 Å². The molecule has 2 unspecified atom stereocenters. The maximum atomic E-state index is 12.2. The zero-order valence-electron chi connectivity index (χ0n) is 10.3. The van der Waals surface area contributed by atoms with Gasteiger partial charge in [0.25, 0.3) is 0 Å². The van der Waals surface area contributed by atoms with Gasteiger partial charge in [-0.3, -0.25) is 4.79 Å². The molecular weight excluding hydrogens is 212 g/mol. The number of hydrogen-bond acceptors (Lipinski definition) is 2. The molecule has 0 spiro atoms. The largest absolute Gasteiger partial charge is 0.324 e. The van der Waals surface area contributed by atoms with Gasteiger partial charge >= 0.3 is 0 Å². The maximum absolute atomic E-state index is 12.2. The van der Waals surface area contributed by atoms with Crippen molar-refractivity contribution in [3.05, 3.63) is 30.3 Å². The molecule has 3 N–H and O–H groups in total. The van der Waals surface area contributed by atoms with Gasteiger partial charge in [0.15, 0.2) is 0 Å². The maximum Gasteiger partial charge on any atom is 0.244 e. The van der Waals surface area contributed by atoms with E-state index in [1.807, 2.05) is 30.3 Å². The predicted octanol–water partition coefficient (Wildman–Crippen LogP) is 2.53. The Balaban J connectivity index is 2.04. The fourth-order valence-electron chi connectivity index (χ4n) is 2.58. The van der Waals surface area contributed by atoms with E-state index >= 15 is 0 Å². The highest BCUT2D eigenvalue weighted by Gasteiger charge is 2.37. The van der Waals surface area contributed by atoms with Crippen molar-refractivity contribution >= 4 is 11.6 Å². The third-order valence-electron chi connectivity index (χ3n) is 3.52. The number of nitrogens with two attached hydrogens (primary N) is 1. The van der Waals surface area contributed by atoms with Crippen LogP contribution in [0, 0.1) is 5.92 Å². The molecule has 0 aliphatic heterocycles. The normalized spacial score (nSPS) is 28.7. The molecule has 0 heterocycles. The molecule has 1 amide bonds. The first-order valence-electron chi connectivity index (χ1n) is 6.25. The van der Waals surface area contributed by atoms with E-state index in [-0.39, 0.29) is 5.91 Å². The molecule has 1 fully saturated rings. The quantitative estimate of drug-likeness (QED) is 0.823. The molecule has 3 nitrogen and oxygen atoms in total. The van der Waals surface area contributed by atoms with Crippen LogP contribution in [0.25, 0.3) is 0 Å². The molecule has 0 aromatic heterocycles. The van der Waals surface area contributed by atoms with Gasteiger partial charge in [0, 0.05) is 5.69 Å². The van der Waals surface area contributed by atoms with E-state index in [0.717, 1.165) is 24.9 Å². The second-order valence-electron chi connectivity index (χ2n) is 5.18. The Labute approximate surface area is 102 Å². The Morgan fingerprint density at radius 2 is 2.12 bits per heavy atom. The highest BCUT2D eigenvalue weighted by Crippen LogP contribution is 2.31. The minimum Gasteiger partial charge on any atom is -0.324 e. The number of para-hydroxylation sites is 1. The summed E-state index contributed by atoms with van der Waals surface area (Å²) in [6, 6.07) is 9.50. The van der Waals surface area contributed by atoms with E-state index in [4.69, 9.17) is 5.73 Å².